The van der Waals surface area contributed by atoms with E-state index in [0.717, 1.165) is 36.3 Å². The van der Waals surface area contributed by atoms with Gasteiger partial charge in [-0.1, -0.05) is 13.8 Å². The molecule has 20 heavy (non-hydrogen) atoms. The molecule has 0 atom stereocenters. The summed E-state index contributed by atoms with van der Waals surface area (Å²) in [5, 5.41) is 6.67. The summed E-state index contributed by atoms with van der Waals surface area (Å²) in [5.41, 5.74) is 1.27. The van der Waals surface area contributed by atoms with Gasteiger partial charge in [0, 0.05) is 31.8 Å². The zero-order valence-corrected chi connectivity index (χ0v) is 14.0. The van der Waals surface area contributed by atoms with E-state index in [4.69, 9.17) is 9.72 Å². The van der Waals surface area contributed by atoms with Gasteiger partial charge in [0.2, 0.25) is 0 Å². The van der Waals surface area contributed by atoms with Gasteiger partial charge in [-0.3, -0.25) is 4.40 Å². The highest BCUT2D eigenvalue weighted by Crippen LogP contribution is 2.27. The fourth-order valence-corrected chi connectivity index (χ4v) is 3.92. The number of methoxy groups -OCH3 is 1. The number of aromatic nitrogens is 2. The van der Waals surface area contributed by atoms with Crippen LogP contribution in [0.2, 0.25) is 0 Å². The Labute approximate surface area is 128 Å². The highest BCUT2D eigenvalue weighted by molar-refractivity contribution is 7.99. The van der Waals surface area contributed by atoms with Crippen LogP contribution >= 0.6 is 23.1 Å². The highest BCUT2D eigenvalue weighted by Gasteiger charge is 2.13. The van der Waals surface area contributed by atoms with Crippen LogP contribution in [0, 0.1) is 5.92 Å². The lowest BCUT2D eigenvalue weighted by atomic mass is 10.2. The van der Waals surface area contributed by atoms with Crippen LogP contribution in [-0.2, 0) is 11.3 Å². The van der Waals surface area contributed by atoms with Gasteiger partial charge in [-0.05, 0) is 18.1 Å². The van der Waals surface area contributed by atoms with E-state index in [1.165, 1.54) is 17.1 Å². The van der Waals surface area contributed by atoms with E-state index in [9.17, 15) is 0 Å². The third kappa shape index (κ3) is 4.22. The summed E-state index contributed by atoms with van der Waals surface area (Å²) < 4.78 is 7.26. The van der Waals surface area contributed by atoms with Crippen LogP contribution < -0.4 is 5.32 Å². The molecule has 0 saturated heterocycles. The number of fused-ring (bicyclic) bond motifs is 1. The predicted octanol–water partition coefficient (Wildman–Crippen LogP) is 3.27. The molecule has 4 nitrogen and oxygen atoms in total. The topological polar surface area (TPSA) is 38.6 Å². The molecule has 0 fully saturated rings. The molecule has 0 bridgehead atoms. The first kappa shape index (κ1) is 15.8. The zero-order valence-electron chi connectivity index (χ0n) is 12.4. The van der Waals surface area contributed by atoms with Gasteiger partial charge in [-0.2, -0.15) is 0 Å². The molecule has 0 amide bonds. The number of ether oxygens (including phenoxy) is 1. The molecule has 2 aromatic rings. The Kier molecular flexibility index (Phi) is 6.35. The second-order valence-corrected chi connectivity index (χ2v) is 7.08. The van der Waals surface area contributed by atoms with Crippen molar-refractivity contribution in [3.8, 4) is 0 Å². The summed E-state index contributed by atoms with van der Waals surface area (Å²) >= 11 is 3.56. The molecule has 0 spiro atoms. The Morgan fingerprint density at radius 3 is 3.10 bits per heavy atom. The van der Waals surface area contributed by atoms with Crippen LogP contribution in [0.1, 0.15) is 26.0 Å². The van der Waals surface area contributed by atoms with Gasteiger partial charge < -0.3 is 10.1 Å². The summed E-state index contributed by atoms with van der Waals surface area (Å²) in [6, 6.07) is 0. The molecule has 0 aliphatic rings. The molecular weight excluding hydrogens is 290 g/mol. The summed E-state index contributed by atoms with van der Waals surface area (Å²) in [5.74, 6) is 1.88. The van der Waals surface area contributed by atoms with Crippen LogP contribution in [0.15, 0.2) is 16.6 Å². The fraction of sp³-hybridized carbons (Fsp3) is 0.643. The van der Waals surface area contributed by atoms with Crippen molar-refractivity contribution in [1.82, 2.24) is 14.7 Å². The quantitative estimate of drug-likeness (QED) is 0.569. The molecule has 2 rings (SSSR count). The number of nitrogens with zero attached hydrogens (tertiary/aromatic N) is 2. The van der Waals surface area contributed by atoms with Crippen molar-refractivity contribution < 1.29 is 4.74 Å². The Hall–Kier alpha value is -0.560. The molecule has 2 aromatic heterocycles. The molecule has 0 radical (unpaired) electrons. The molecule has 0 saturated carbocycles. The summed E-state index contributed by atoms with van der Waals surface area (Å²) in [6.07, 6.45) is 3.33. The molecular formula is C14H23N3OS2. The lowest BCUT2D eigenvalue weighted by Crippen LogP contribution is -2.19. The molecule has 0 aliphatic carbocycles. The Morgan fingerprint density at radius 1 is 1.50 bits per heavy atom. The fourth-order valence-electron chi connectivity index (χ4n) is 1.86. The summed E-state index contributed by atoms with van der Waals surface area (Å²) in [7, 11) is 1.73. The maximum Gasteiger partial charge on any atom is 0.194 e. The first-order chi connectivity index (χ1) is 9.72. The number of imidazole rings is 1. The molecule has 6 heteroatoms. The van der Waals surface area contributed by atoms with E-state index >= 15 is 0 Å². The molecule has 0 unspecified atom stereocenters. The van der Waals surface area contributed by atoms with Crippen LogP contribution in [-0.4, -0.2) is 35.4 Å². The molecule has 1 N–H and O–H groups in total. The van der Waals surface area contributed by atoms with Crippen molar-refractivity contribution in [2.45, 2.75) is 31.8 Å². The minimum Gasteiger partial charge on any atom is -0.383 e. The SMILES string of the molecule is COCCNCc1c(SCCC(C)C)nc2sccn12. The molecule has 0 aliphatic heterocycles. The standard InChI is InChI=1S/C14H23N3OS2/c1-11(2)4-8-19-13-12(10-15-5-7-18-3)17-6-9-20-14(17)16-13/h6,9,11,15H,4-5,7-8,10H2,1-3H3. The van der Waals surface area contributed by atoms with Crippen LogP contribution in [0.5, 0.6) is 0 Å². The number of hydrogen-bond acceptors (Lipinski definition) is 5. The second-order valence-electron chi connectivity index (χ2n) is 5.12. The van der Waals surface area contributed by atoms with Crippen LogP contribution in [0.4, 0.5) is 0 Å². The Morgan fingerprint density at radius 2 is 2.35 bits per heavy atom. The maximum atomic E-state index is 5.07. The van der Waals surface area contributed by atoms with Gasteiger partial charge in [0.1, 0.15) is 5.03 Å². The third-order valence-corrected chi connectivity index (χ3v) is 4.83. The third-order valence-electron chi connectivity index (χ3n) is 3.03. The lowest BCUT2D eigenvalue weighted by molar-refractivity contribution is 0.199. The first-order valence-corrected chi connectivity index (χ1v) is 8.85. The van der Waals surface area contributed by atoms with Gasteiger partial charge in [0.25, 0.3) is 0 Å². The van der Waals surface area contributed by atoms with Crippen molar-refractivity contribution in [3.63, 3.8) is 0 Å². The van der Waals surface area contributed by atoms with Crippen LogP contribution in [0.3, 0.4) is 0 Å². The Balaban J connectivity index is 2.01. The smallest absolute Gasteiger partial charge is 0.194 e. The van der Waals surface area contributed by atoms with E-state index in [1.54, 1.807) is 18.4 Å². The average Bonchev–Trinajstić information content (AvgIpc) is 2.96. The highest BCUT2D eigenvalue weighted by atomic mass is 32.2. The minimum absolute atomic E-state index is 0.738. The number of thioether (sulfide) groups is 1. The average molecular weight is 313 g/mol. The number of hydrogen-bond donors (Lipinski definition) is 1. The Bertz CT molecular complexity index is 521. The normalized spacial score (nSPS) is 11.8. The van der Waals surface area contributed by atoms with E-state index in [-0.39, 0.29) is 0 Å². The largest absolute Gasteiger partial charge is 0.383 e. The van der Waals surface area contributed by atoms with Crippen molar-refractivity contribution in [3.05, 3.63) is 17.3 Å². The van der Waals surface area contributed by atoms with Crippen LogP contribution in [0.25, 0.3) is 4.96 Å². The molecule has 112 valence electrons. The predicted molar refractivity (Wildman–Crippen MR) is 86.8 cm³/mol. The maximum absolute atomic E-state index is 5.07. The van der Waals surface area contributed by atoms with Crippen molar-refractivity contribution >= 4 is 28.1 Å². The van der Waals surface area contributed by atoms with Gasteiger partial charge >= 0.3 is 0 Å². The summed E-state index contributed by atoms with van der Waals surface area (Å²) in [4.78, 5) is 5.83. The van der Waals surface area contributed by atoms with Gasteiger partial charge in [-0.15, -0.1) is 23.1 Å². The van der Waals surface area contributed by atoms with Gasteiger partial charge in [0.15, 0.2) is 4.96 Å². The second kappa shape index (κ2) is 8.02. The molecule has 2 heterocycles. The van der Waals surface area contributed by atoms with Gasteiger partial charge in [-0.25, -0.2) is 4.98 Å². The van der Waals surface area contributed by atoms with Gasteiger partial charge in [0.05, 0.1) is 12.3 Å². The van der Waals surface area contributed by atoms with Crippen molar-refractivity contribution in [1.29, 1.82) is 0 Å². The minimum atomic E-state index is 0.738. The van der Waals surface area contributed by atoms with E-state index in [2.05, 4.69) is 35.1 Å². The number of thiazole rings is 1. The molecule has 0 aromatic carbocycles. The van der Waals surface area contributed by atoms with Crippen molar-refractivity contribution in [2.24, 2.45) is 5.92 Å². The number of rotatable bonds is 9. The summed E-state index contributed by atoms with van der Waals surface area (Å²) in [6.45, 7) is 6.97. The lowest BCUT2D eigenvalue weighted by Gasteiger charge is -2.07. The monoisotopic (exact) mass is 313 g/mol. The van der Waals surface area contributed by atoms with E-state index in [1.807, 2.05) is 11.8 Å². The number of nitrogens with one attached hydrogen (secondary N) is 1. The first-order valence-electron chi connectivity index (χ1n) is 6.99. The van der Waals surface area contributed by atoms with E-state index in [0.29, 0.717) is 0 Å². The zero-order chi connectivity index (χ0) is 14.4. The van der Waals surface area contributed by atoms with E-state index < -0.39 is 0 Å². The van der Waals surface area contributed by atoms with Crippen molar-refractivity contribution in [2.75, 3.05) is 26.0 Å².